The number of pyridine rings is 1. The van der Waals surface area contributed by atoms with E-state index in [9.17, 15) is 4.79 Å². The van der Waals surface area contributed by atoms with E-state index < -0.39 is 0 Å². The lowest BCUT2D eigenvalue weighted by Crippen LogP contribution is -2.33. The molecule has 0 radical (unpaired) electrons. The lowest BCUT2D eigenvalue weighted by molar-refractivity contribution is -0.120. The van der Waals surface area contributed by atoms with Gasteiger partial charge in [-0.3, -0.25) is 9.78 Å². The van der Waals surface area contributed by atoms with E-state index in [4.69, 9.17) is 0 Å². The zero-order valence-corrected chi connectivity index (χ0v) is 9.21. The molecular formula is C11H17N3O. The van der Waals surface area contributed by atoms with Gasteiger partial charge in [0.2, 0.25) is 5.91 Å². The van der Waals surface area contributed by atoms with Gasteiger partial charge in [-0.05, 0) is 31.0 Å². The monoisotopic (exact) mass is 207 g/mol. The van der Waals surface area contributed by atoms with E-state index in [1.807, 2.05) is 26.1 Å². The maximum absolute atomic E-state index is 11.1. The van der Waals surface area contributed by atoms with Crippen molar-refractivity contribution in [1.29, 1.82) is 0 Å². The van der Waals surface area contributed by atoms with Crippen molar-refractivity contribution in [3.05, 3.63) is 29.6 Å². The molecule has 0 saturated heterocycles. The molecule has 1 rings (SSSR count). The number of carbonyl (C=O) groups excluding carboxylic acids is 1. The fraction of sp³-hybridized carbons (Fsp3) is 0.455. The van der Waals surface area contributed by atoms with Crippen molar-refractivity contribution in [1.82, 2.24) is 15.6 Å². The Bertz CT molecular complexity index is 325. The molecule has 0 bridgehead atoms. The molecule has 0 aromatic carbocycles. The number of aromatic nitrogens is 1. The molecule has 1 heterocycles. The number of rotatable bonds is 5. The maximum Gasteiger partial charge on any atom is 0.233 e. The van der Waals surface area contributed by atoms with Gasteiger partial charge in [-0.15, -0.1) is 0 Å². The van der Waals surface area contributed by atoms with Crippen LogP contribution in [0.1, 0.15) is 18.1 Å². The molecule has 1 amide bonds. The molecular weight excluding hydrogens is 190 g/mol. The van der Waals surface area contributed by atoms with E-state index in [0.29, 0.717) is 19.6 Å². The lowest BCUT2D eigenvalue weighted by Gasteiger charge is -2.06. The van der Waals surface area contributed by atoms with Crippen molar-refractivity contribution < 1.29 is 4.79 Å². The van der Waals surface area contributed by atoms with E-state index in [0.717, 1.165) is 5.56 Å². The van der Waals surface area contributed by atoms with Gasteiger partial charge in [0.25, 0.3) is 0 Å². The summed E-state index contributed by atoms with van der Waals surface area (Å²) < 4.78 is 0. The van der Waals surface area contributed by atoms with E-state index in [1.165, 1.54) is 5.56 Å². The Hall–Kier alpha value is -1.42. The fourth-order valence-electron chi connectivity index (χ4n) is 1.25. The van der Waals surface area contributed by atoms with Crippen LogP contribution in [0, 0.1) is 6.92 Å². The highest BCUT2D eigenvalue weighted by atomic mass is 16.1. The minimum absolute atomic E-state index is 0.0269. The first-order chi connectivity index (χ1) is 7.24. The van der Waals surface area contributed by atoms with Gasteiger partial charge in [-0.2, -0.15) is 0 Å². The van der Waals surface area contributed by atoms with Crippen molar-refractivity contribution in [2.75, 3.05) is 13.1 Å². The van der Waals surface area contributed by atoms with Gasteiger partial charge < -0.3 is 10.6 Å². The highest BCUT2D eigenvalue weighted by Gasteiger charge is 2.00. The van der Waals surface area contributed by atoms with Crippen LogP contribution in [0.2, 0.25) is 0 Å². The highest BCUT2D eigenvalue weighted by molar-refractivity contribution is 5.77. The second-order valence-electron chi connectivity index (χ2n) is 3.36. The molecule has 4 nitrogen and oxygen atoms in total. The maximum atomic E-state index is 11.1. The van der Waals surface area contributed by atoms with Crippen molar-refractivity contribution in [2.45, 2.75) is 20.4 Å². The van der Waals surface area contributed by atoms with Crippen molar-refractivity contribution >= 4 is 5.91 Å². The van der Waals surface area contributed by atoms with Gasteiger partial charge in [0, 0.05) is 25.5 Å². The normalized spacial score (nSPS) is 10.0. The Morgan fingerprint density at radius 2 is 2.33 bits per heavy atom. The lowest BCUT2D eigenvalue weighted by atomic mass is 10.1. The summed E-state index contributed by atoms with van der Waals surface area (Å²) in [6, 6.07) is 1.96. The number of likely N-dealkylation sites (N-methyl/N-ethyl adjacent to an activating group) is 1. The quantitative estimate of drug-likeness (QED) is 0.744. The Morgan fingerprint density at radius 3 is 3.00 bits per heavy atom. The first-order valence-corrected chi connectivity index (χ1v) is 5.11. The molecule has 0 unspecified atom stereocenters. The van der Waals surface area contributed by atoms with Crippen LogP contribution in [0.25, 0.3) is 0 Å². The second kappa shape index (κ2) is 6.14. The van der Waals surface area contributed by atoms with Crippen molar-refractivity contribution in [3.63, 3.8) is 0 Å². The van der Waals surface area contributed by atoms with Crippen molar-refractivity contribution in [3.8, 4) is 0 Å². The van der Waals surface area contributed by atoms with Gasteiger partial charge in [-0.1, -0.05) is 0 Å². The van der Waals surface area contributed by atoms with Crippen LogP contribution in [-0.4, -0.2) is 24.0 Å². The number of aryl methyl sites for hydroxylation is 1. The molecule has 15 heavy (non-hydrogen) atoms. The zero-order valence-electron chi connectivity index (χ0n) is 9.21. The molecule has 4 heteroatoms. The summed E-state index contributed by atoms with van der Waals surface area (Å²) in [6.07, 6.45) is 3.59. The van der Waals surface area contributed by atoms with Gasteiger partial charge in [0.05, 0.1) is 6.54 Å². The number of carbonyl (C=O) groups is 1. The molecule has 2 N–H and O–H groups in total. The van der Waals surface area contributed by atoms with Crippen LogP contribution >= 0.6 is 0 Å². The molecule has 82 valence electrons. The number of amides is 1. The first-order valence-electron chi connectivity index (χ1n) is 5.11. The number of nitrogens with zero attached hydrogens (tertiary/aromatic N) is 1. The topological polar surface area (TPSA) is 54.0 Å². The molecule has 1 aromatic heterocycles. The van der Waals surface area contributed by atoms with Crippen LogP contribution in [0.3, 0.4) is 0 Å². The summed E-state index contributed by atoms with van der Waals surface area (Å²) in [7, 11) is 0. The molecule has 0 spiro atoms. The predicted octanol–water partition coefficient (Wildman–Crippen LogP) is 0.616. The molecule has 0 atom stereocenters. The smallest absolute Gasteiger partial charge is 0.233 e. The fourth-order valence-corrected chi connectivity index (χ4v) is 1.25. The average molecular weight is 207 g/mol. The third-order valence-corrected chi connectivity index (χ3v) is 2.12. The molecule has 0 aliphatic heterocycles. The minimum Gasteiger partial charge on any atom is -0.355 e. The molecule has 0 saturated carbocycles. The summed E-state index contributed by atoms with van der Waals surface area (Å²) in [5.41, 5.74) is 2.31. The first kappa shape index (κ1) is 11.7. The Labute approximate surface area is 90.1 Å². The highest BCUT2D eigenvalue weighted by Crippen LogP contribution is 2.03. The third kappa shape index (κ3) is 4.08. The summed E-state index contributed by atoms with van der Waals surface area (Å²) in [5, 5.41) is 5.80. The summed E-state index contributed by atoms with van der Waals surface area (Å²) >= 11 is 0. The molecule has 1 aromatic rings. The summed E-state index contributed by atoms with van der Waals surface area (Å²) in [6.45, 7) is 5.64. The third-order valence-electron chi connectivity index (χ3n) is 2.12. The predicted molar refractivity (Wildman–Crippen MR) is 59.4 cm³/mol. The van der Waals surface area contributed by atoms with Gasteiger partial charge in [-0.25, -0.2) is 0 Å². The molecule has 0 aliphatic carbocycles. The van der Waals surface area contributed by atoms with E-state index >= 15 is 0 Å². The van der Waals surface area contributed by atoms with Gasteiger partial charge >= 0.3 is 0 Å². The van der Waals surface area contributed by atoms with Crippen molar-refractivity contribution in [2.24, 2.45) is 0 Å². The largest absolute Gasteiger partial charge is 0.355 e. The van der Waals surface area contributed by atoms with E-state index in [2.05, 4.69) is 15.6 Å². The van der Waals surface area contributed by atoms with Crippen LogP contribution in [0.4, 0.5) is 0 Å². The number of hydrogen-bond donors (Lipinski definition) is 2. The minimum atomic E-state index is 0.0269. The van der Waals surface area contributed by atoms with Crippen LogP contribution in [-0.2, 0) is 11.3 Å². The van der Waals surface area contributed by atoms with Gasteiger partial charge in [0.15, 0.2) is 0 Å². The van der Waals surface area contributed by atoms with Crippen LogP contribution in [0.15, 0.2) is 18.5 Å². The van der Waals surface area contributed by atoms with Gasteiger partial charge in [0.1, 0.15) is 0 Å². The summed E-state index contributed by atoms with van der Waals surface area (Å²) in [4.78, 5) is 15.2. The molecule has 0 fully saturated rings. The van der Waals surface area contributed by atoms with Crippen LogP contribution < -0.4 is 10.6 Å². The number of hydrogen-bond acceptors (Lipinski definition) is 3. The Kier molecular flexibility index (Phi) is 4.77. The average Bonchev–Trinajstić information content (AvgIpc) is 2.21. The Balaban J connectivity index is 2.32. The standard InChI is InChI=1S/C11H17N3O/c1-3-14-11(15)8-13-7-10-6-12-5-4-9(10)2/h4-6,13H,3,7-8H2,1-2H3,(H,14,15). The van der Waals surface area contributed by atoms with E-state index in [-0.39, 0.29) is 5.91 Å². The van der Waals surface area contributed by atoms with Crippen LogP contribution in [0.5, 0.6) is 0 Å². The van der Waals surface area contributed by atoms with E-state index in [1.54, 1.807) is 6.20 Å². The number of nitrogens with one attached hydrogen (secondary N) is 2. The second-order valence-corrected chi connectivity index (χ2v) is 3.36. The SMILES string of the molecule is CCNC(=O)CNCc1cnccc1C. The zero-order chi connectivity index (χ0) is 11.1. The summed E-state index contributed by atoms with van der Waals surface area (Å²) in [5.74, 6) is 0.0269. The molecule has 0 aliphatic rings. The Morgan fingerprint density at radius 1 is 1.53 bits per heavy atom.